The number of carbonyl (C=O) groups excluding carboxylic acids is 1. The number of rotatable bonds is 4. The largest absolute Gasteiger partial charge is 0.370 e. The molecule has 0 spiro atoms. The fourth-order valence-corrected chi connectivity index (χ4v) is 2.15. The van der Waals surface area contributed by atoms with E-state index in [-0.39, 0.29) is 5.91 Å². The zero-order valence-electron chi connectivity index (χ0n) is 11.6. The Morgan fingerprint density at radius 3 is 2.95 bits per heavy atom. The molecule has 0 bridgehead atoms. The van der Waals surface area contributed by atoms with Crippen LogP contribution in [0.4, 0.5) is 11.5 Å². The lowest BCUT2D eigenvalue weighted by Gasteiger charge is -2.10. The number of aromatic nitrogens is 3. The van der Waals surface area contributed by atoms with Gasteiger partial charge in [-0.2, -0.15) is 5.10 Å². The molecule has 1 amide bonds. The third kappa shape index (κ3) is 2.69. The van der Waals surface area contributed by atoms with Crippen molar-refractivity contribution in [2.24, 2.45) is 0 Å². The van der Waals surface area contributed by atoms with Crippen LogP contribution < -0.4 is 10.6 Å². The van der Waals surface area contributed by atoms with E-state index in [1.807, 2.05) is 31.2 Å². The number of pyridine rings is 1. The molecule has 0 aliphatic heterocycles. The van der Waals surface area contributed by atoms with Gasteiger partial charge in [0, 0.05) is 18.1 Å². The minimum atomic E-state index is -0.186. The van der Waals surface area contributed by atoms with Crippen LogP contribution in [0.3, 0.4) is 0 Å². The lowest BCUT2D eigenvalue weighted by atomic mass is 10.1. The number of carbonyl (C=O) groups is 1. The zero-order chi connectivity index (χ0) is 14.7. The van der Waals surface area contributed by atoms with Crippen molar-refractivity contribution in [3.63, 3.8) is 0 Å². The highest BCUT2D eigenvalue weighted by molar-refractivity contribution is 6.12. The number of aromatic amines is 1. The first kappa shape index (κ1) is 13.1. The second-order valence-electron chi connectivity index (χ2n) is 4.54. The summed E-state index contributed by atoms with van der Waals surface area (Å²) in [6.45, 7) is 2.73. The summed E-state index contributed by atoms with van der Waals surface area (Å²) in [5, 5.41) is 13.3. The molecule has 0 saturated heterocycles. The monoisotopic (exact) mass is 281 g/mol. The highest BCUT2D eigenvalue weighted by atomic mass is 16.1. The Bertz CT molecular complexity index is 767. The molecule has 3 N–H and O–H groups in total. The molecule has 106 valence electrons. The van der Waals surface area contributed by atoms with E-state index in [0.717, 1.165) is 17.4 Å². The minimum Gasteiger partial charge on any atom is -0.370 e. The summed E-state index contributed by atoms with van der Waals surface area (Å²) in [6.07, 6.45) is 3.19. The van der Waals surface area contributed by atoms with Crippen LogP contribution in [0.5, 0.6) is 0 Å². The molecular weight excluding hydrogens is 266 g/mol. The highest BCUT2D eigenvalue weighted by Crippen LogP contribution is 2.21. The van der Waals surface area contributed by atoms with Crippen LogP contribution in [0.1, 0.15) is 17.3 Å². The summed E-state index contributed by atoms with van der Waals surface area (Å²) in [7, 11) is 0. The van der Waals surface area contributed by atoms with Crippen molar-refractivity contribution in [3.05, 3.63) is 48.3 Å². The molecule has 6 nitrogen and oxygen atoms in total. The molecule has 0 unspecified atom stereocenters. The van der Waals surface area contributed by atoms with Crippen LogP contribution in [0.2, 0.25) is 0 Å². The molecule has 0 aliphatic carbocycles. The topological polar surface area (TPSA) is 82.7 Å². The van der Waals surface area contributed by atoms with Gasteiger partial charge in [0.1, 0.15) is 5.82 Å². The lowest BCUT2D eigenvalue weighted by Crippen LogP contribution is -2.13. The summed E-state index contributed by atoms with van der Waals surface area (Å²) in [4.78, 5) is 17.0. The summed E-state index contributed by atoms with van der Waals surface area (Å²) in [5.74, 6) is 0.502. The van der Waals surface area contributed by atoms with Gasteiger partial charge in [0.25, 0.3) is 5.91 Å². The number of nitrogens with zero attached hydrogens (tertiary/aromatic N) is 2. The van der Waals surface area contributed by atoms with Gasteiger partial charge in [-0.1, -0.05) is 18.2 Å². The number of hydrogen-bond donors (Lipinski definition) is 3. The molecule has 6 heteroatoms. The van der Waals surface area contributed by atoms with Crippen molar-refractivity contribution in [1.29, 1.82) is 0 Å². The van der Waals surface area contributed by atoms with E-state index in [9.17, 15) is 4.79 Å². The van der Waals surface area contributed by atoms with Crippen molar-refractivity contribution in [2.45, 2.75) is 6.92 Å². The maximum absolute atomic E-state index is 12.5. The molecule has 0 radical (unpaired) electrons. The van der Waals surface area contributed by atoms with Crippen molar-refractivity contribution in [3.8, 4) is 0 Å². The van der Waals surface area contributed by atoms with Crippen molar-refractivity contribution >= 4 is 28.3 Å². The maximum Gasteiger partial charge on any atom is 0.256 e. The van der Waals surface area contributed by atoms with E-state index in [4.69, 9.17) is 0 Å². The smallest absolute Gasteiger partial charge is 0.256 e. The van der Waals surface area contributed by atoms with E-state index < -0.39 is 0 Å². The van der Waals surface area contributed by atoms with Gasteiger partial charge >= 0.3 is 0 Å². The van der Waals surface area contributed by atoms with E-state index in [0.29, 0.717) is 17.1 Å². The Morgan fingerprint density at radius 2 is 2.19 bits per heavy atom. The highest BCUT2D eigenvalue weighted by Gasteiger charge is 2.13. The van der Waals surface area contributed by atoms with Crippen LogP contribution in [0.15, 0.2) is 42.7 Å². The van der Waals surface area contributed by atoms with Gasteiger partial charge in [-0.15, -0.1) is 0 Å². The Hall–Kier alpha value is -2.89. The van der Waals surface area contributed by atoms with E-state index in [2.05, 4.69) is 25.8 Å². The van der Waals surface area contributed by atoms with Crippen molar-refractivity contribution < 1.29 is 4.79 Å². The Kier molecular flexibility index (Phi) is 3.51. The van der Waals surface area contributed by atoms with E-state index in [1.54, 1.807) is 18.5 Å². The minimum absolute atomic E-state index is 0.186. The SMILES string of the molecule is CCNc1cc(C(=O)Nc2cn[nH]c2)c2ccccc2n1. The van der Waals surface area contributed by atoms with Crippen LogP contribution in [-0.4, -0.2) is 27.6 Å². The molecule has 0 fully saturated rings. The molecule has 3 rings (SSSR count). The maximum atomic E-state index is 12.5. The first-order valence-corrected chi connectivity index (χ1v) is 6.71. The Balaban J connectivity index is 2.04. The second kappa shape index (κ2) is 5.62. The second-order valence-corrected chi connectivity index (χ2v) is 4.54. The molecule has 2 heterocycles. The van der Waals surface area contributed by atoms with Crippen molar-refractivity contribution in [2.75, 3.05) is 17.2 Å². The first-order chi connectivity index (χ1) is 10.3. The third-order valence-corrected chi connectivity index (χ3v) is 3.07. The summed E-state index contributed by atoms with van der Waals surface area (Å²) in [5.41, 5.74) is 2.00. The normalized spacial score (nSPS) is 10.5. The number of hydrogen-bond acceptors (Lipinski definition) is 4. The molecule has 0 saturated carbocycles. The number of nitrogens with one attached hydrogen (secondary N) is 3. The summed E-state index contributed by atoms with van der Waals surface area (Å²) in [6, 6.07) is 9.35. The molecule has 3 aromatic rings. The summed E-state index contributed by atoms with van der Waals surface area (Å²) >= 11 is 0. The van der Waals surface area contributed by atoms with Crippen LogP contribution in [-0.2, 0) is 0 Å². The number of benzene rings is 1. The first-order valence-electron chi connectivity index (χ1n) is 6.71. The molecule has 2 aromatic heterocycles. The van der Waals surface area contributed by atoms with Gasteiger partial charge in [0.2, 0.25) is 0 Å². The lowest BCUT2D eigenvalue weighted by molar-refractivity contribution is 0.102. The number of H-pyrrole nitrogens is 1. The molecule has 21 heavy (non-hydrogen) atoms. The van der Waals surface area contributed by atoms with Gasteiger partial charge in [-0.05, 0) is 19.1 Å². The number of anilines is 2. The molecule has 1 aromatic carbocycles. The molecule has 0 atom stereocenters. The zero-order valence-corrected chi connectivity index (χ0v) is 11.6. The number of amides is 1. The molecular formula is C15H15N5O. The van der Waals surface area contributed by atoms with Gasteiger partial charge in [0.05, 0.1) is 23.0 Å². The van der Waals surface area contributed by atoms with Gasteiger partial charge in [-0.25, -0.2) is 4.98 Å². The quantitative estimate of drug-likeness (QED) is 0.686. The Morgan fingerprint density at radius 1 is 1.33 bits per heavy atom. The average molecular weight is 281 g/mol. The van der Waals surface area contributed by atoms with Gasteiger partial charge < -0.3 is 10.6 Å². The molecule has 0 aliphatic rings. The number of fused-ring (bicyclic) bond motifs is 1. The standard InChI is InChI=1S/C15H15N5O/c1-2-16-14-7-12(11-5-3-4-6-13(11)20-14)15(21)19-10-8-17-18-9-10/h3-9H,2H2,1H3,(H,16,20)(H,17,18)(H,19,21). The predicted molar refractivity (Wildman–Crippen MR) is 82.4 cm³/mol. The Labute approximate surface area is 121 Å². The average Bonchev–Trinajstić information content (AvgIpc) is 2.99. The van der Waals surface area contributed by atoms with E-state index >= 15 is 0 Å². The van der Waals surface area contributed by atoms with Crippen molar-refractivity contribution in [1.82, 2.24) is 15.2 Å². The van der Waals surface area contributed by atoms with E-state index in [1.165, 1.54) is 0 Å². The van der Waals surface area contributed by atoms with Crippen LogP contribution >= 0.6 is 0 Å². The third-order valence-electron chi connectivity index (χ3n) is 3.07. The van der Waals surface area contributed by atoms with Gasteiger partial charge in [0.15, 0.2) is 0 Å². The predicted octanol–water partition coefficient (Wildman–Crippen LogP) is 2.64. The number of para-hydroxylation sites is 1. The summed E-state index contributed by atoms with van der Waals surface area (Å²) < 4.78 is 0. The fraction of sp³-hybridized carbons (Fsp3) is 0.133. The van der Waals surface area contributed by atoms with Crippen LogP contribution in [0, 0.1) is 0 Å². The van der Waals surface area contributed by atoms with Gasteiger partial charge in [-0.3, -0.25) is 9.89 Å². The van der Waals surface area contributed by atoms with Crippen LogP contribution in [0.25, 0.3) is 10.9 Å². The fourth-order valence-electron chi connectivity index (χ4n) is 2.15.